The van der Waals surface area contributed by atoms with Crippen molar-refractivity contribution < 1.29 is 19.1 Å². The molecule has 3 rings (SSSR count). The number of rotatable bonds is 6. The van der Waals surface area contributed by atoms with Gasteiger partial charge in [-0.15, -0.1) is 0 Å². The zero-order chi connectivity index (χ0) is 20.3. The van der Waals surface area contributed by atoms with E-state index in [1.165, 1.54) is 0 Å². The topological polar surface area (TPSA) is 87.5 Å². The summed E-state index contributed by atoms with van der Waals surface area (Å²) < 4.78 is 5.40. The first kappa shape index (κ1) is 19.3. The number of fused-ring (bicyclic) bond motifs is 1. The van der Waals surface area contributed by atoms with E-state index in [-0.39, 0.29) is 12.5 Å². The lowest BCUT2D eigenvalue weighted by Gasteiger charge is -2.26. The predicted molar refractivity (Wildman–Crippen MR) is 101 cm³/mol. The van der Waals surface area contributed by atoms with Crippen LogP contribution in [0.1, 0.15) is 52.1 Å². The van der Waals surface area contributed by atoms with Gasteiger partial charge in [0.1, 0.15) is 12.6 Å². The van der Waals surface area contributed by atoms with Gasteiger partial charge in [-0.2, -0.15) is 5.26 Å². The Kier molecular flexibility index (Phi) is 5.55. The summed E-state index contributed by atoms with van der Waals surface area (Å²) >= 11 is 0. The van der Waals surface area contributed by atoms with Gasteiger partial charge in [0.15, 0.2) is 0 Å². The van der Waals surface area contributed by atoms with E-state index in [4.69, 9.17) is 10.00 Å². The standard InChI is InChI=1S/C22H20N2O4/c1-14(2)10-19(22(27)28-13-16-7-5-6-15(11-16)12-23)24-20(25)17-8-3-4-9-18(17)21(24)26/h3-9,11,14,19H,10,13H2,1-2H3/t19-/m0/s1. The highest BCUT2D eigenvalue weighted by atomic mass is 16.5. The first-order valence-electron chi connectivity index (χ1n) is 9.05. The number of esters is 1. The van der Waals surface area contributed by atoms with Gasteiger partial charge in [-0.1, -0.05) is 38.1 Å². The first-order valence-corrected chi connectivity index (χ1v) is 9.05. The van der Waals surface area contributed by atoms with Gasteiger partial charge in [0.05, 0.1) is 22.8 Å². The molecule has 0 unspecified atom stereocenters. The van der Waals surface area contributed by atoms with E-state index < -0.39 is 23.8 Å². The van der Waals surface area contributed by atoms with Crippen LogP contribution >= 0.6 is 0 Å². The highest BCUT2D eigenvalue weighted by molar-refractivity contribution is 6.22. The van der Waals surface area contributed by atoms with Crippen LogP contribution in [0.4, 0.5) is 0 Å². The van der Waals surface area contributed by atoms with E-state index in [0.29, 0.717) is 28.7 Å². The third-order valence-electron chi connectivity index (χ3n) is 4.54. The minimum absolute atomic E-state index is 0.0356. The largest absolute Gasteiger partial charge is 0.459 e. The fraction of sp³-hybridized carbons (Fsp3) is 0.273. The summed E-state index contributed by atoms with van der Waals surface area (Å²) in [7, 11) is 0. The van der Waals surface area contributed by atoms with Crippen LogP contribution in [0.2, 0.25) is 0 Å². The number of nitrogens with zero attached hydrogens (tertiary/aromatic N) is 2. The maximum atomic E-state index is 12.8. The molecule has 1 aliphatic heterocycles. The number of hydrogen-bond acceptors (Lipinski definition) is 5. The molecular formula is C22H20N2O4. The summed E-state index contributed by atoms with van der Waals surface area (Å²) in [5.41, 5.74) is 1.73. The van der Waals surface area contributed by atoms with Gasteiger partial charge in [-0.05, 0) is 42.2 Å². The number of amides is 2. The summed E-state index contributed by atoms with van der Waals surface area (Å²) in [5, 5.41) is 8.98. The number of nitriles is 1. The molecule has 0 saturated heterocycles. The van der Waals surface area contributed by atoms with E-state index in [2.05, 4.69) is 0 Å². The average Bonchev–Trinajstić information content (AvgIpc) is 2.95. The van der Waals surface area contributed by atoms with Crippen LogP contribution in [0.25, 0.3) is 0 Å². The van der Waals surface area contributed by atoms with Gasteiger partial charge < -0.3 is 4.74 Å². The van der Waals surface area contributed by atoms with Crippen LogP contribution in [-0.2, 0) is 16.1 Å². The molecule has 2 aromatic carbocycles. The second kappa shape index (κ2) is 8.05. The predicted octanol–water partition coefficient (Wildman–Crippen LogP) is 3.31. The molecule has 1 aliphatic rings. The van der Waals surface area contributed by atoms with Gasteiger partial charge in [0.2, 0.25) is 0 Å². The van der Waals surface area contributed by atoms with Gasteiger partial charge in [0, 0.05) is 0 Å². The van der Waals surface area contributed by atoms with E-state index in [1.807, 2.05) is 19.9 Å². The Labute approximate surface area is 163 Å². The quantitative estimate of drug-likeness (QED) is 0.570. The normalized spacial score (nSPS) is 14.0. The van der Waals surface area contributed by atoms with Gasteiger partial charge >= 0.3 is 5.97 Å². The number of benzene rings is 2. The van der Waals surface area contributed by atoms with Gasteiger partial charge in [-0.3, -0.25) is 14.5 Å². The SMILES string of the molecule is CC(C)C[C@@H](C(=O)OCc1cccc(C#N)c1)N1C(=O)c2ccccc2C1=O. The fourth-order valence-corrected chi connectivity index (χ4v) is 3.23. The second-order valence-corrected chi connectivity index (χ2v) is 7.09. The molecule has 142 valence electrons. The molecule has 1 heterocycles. The lowest BCUT2D eigenvalue weighted by atomic mass is 10.0. The second-order valence-electron chi connectivity index (χ2n) is 7.09. The molecule has 6 nitrogen and oxygen atoms in total. The Morgan fingerprint density at radius 3 is 2.29 bits per heavy atom. The maximum absolute atomic E-state index is 12.8. The number of carbonyl (C=O) groups excluding carboxylic acids is 3. The van der Waals surface area contributed by atoms with Crippen molar-refractivity contribution in [3.05, 3.63) is 70.8 Å². The zero-order valence-electron chi connectivity index (χ0n) is 15.7. The Bertz CT molecular complexity index is 939. The van der Waals surface area contributed by atoms with Crippen LogP contribution in [-0.4, -0.2) is 28.7 Å². The molecule has 6 heteroatoms. The molecule has 0 bridgehead atoms. The van der Waals surface area contributed by atoms with Crippen LogP contribution in [0.5, 0.6) is 0 Å². The van der Waals surface area contributed by atoms with Crippen molar-refractivity contribution in [3.8, 4) is 6.07 Å². The molecule has 0 aliphatic carbocycles. The molecular weight excluding hydrogens is 356 g/mol. The molecule has 0 N–H and O–H groups in total. The highest BCUT2D eigenvalue weighted by Gasteiger charge is 2.43. The minimum Gasteiger partial charge on any atom is -0.459 e. The van der Waals surface area contributed by atoms with Crippen molar-refractivity contribution in [3.63, 3.8) is 0 Å². The summed E-state index contributed by atoms with van der Waals surface area (Å²) in [6.45, 7) is 3.79. The molecule has 2 aromatic rings. The highest BCUT2D eigenvalue weighted by Crippen LogP contribution is 2.27. The summed E-state index contributed by atoms with van der Waals surface area (Å²) in [4.78, 5) is 39.3. The number of carbonyl (C=O) groups is 3. The van der Waals surface area contributed by atoms with E-state index in [1.54, 1.807) is 48.5 Å². The first-order chi connectivity index (χ1) is 13.4. The molecule has 2 amide bonds. The summed E-state index contributed by atoms with van der Waals surface area (Å²) in [5.74, 6) is -1.52. The van der Waals surface area contributed by atoms with E-state index >= 15 is 0 Å². The van der Waals surface area contributed by atoms with Crippen molar-refractivity contribution in [1.82, 2.24) is 4.90 Å². The van der Waals surface area contributed by atoms with Crippen LogP contribution in [0.15, 0.2) is 48.5 Å². The molecule has 28 heavy (non-hydrogen) atoms. The lowest BCUT2D eigenvalue weighted by Crippen LogP contribution is -2.46. The van der Waals surface area contributed by atoms with E-state index in [0.717, 1.165) is 4.90 Å². The van der Waals surface area contributed by atoms with E-state index in [9.17, 15) is 14.4 Å². The number of imide groups is 1. The van der Waals surface area contributed by atoms with Gasteiger partial charge in [-0.25, -0.2) is 4.79 Å². The Balaban J connectivity index is 1.80. The Morgan fingerprint density at radius 1 is 1.07 bits per heavy atom. The molecule has 0 fully saturated rings. The molecule has 0 aromatic heterocycles. The van der Waals surface area contributed by atoms with Crippen LogP contribution in [0.3, 0.4) is 0 Å². The van der Waals surface area contributed by atoms with Crippen molar-refractivity contribution >= 4 is 17.8 Å². The van der Waals surface area contributed by atoms with Crippen LogP contribution in [0, 0.1) is 17.2 Å². The van der Waals surface area contributed by atoms with Gasteiger partial charge in [0.25, 0.3) is 11.8 Å². The van der Waals surface area contributed by atoms with Crippen molar-refractivity contribution in [2.24, 2.45) is 5.92 Å². The lowest BCUT2D eigenvalue weighted by molar-refractivity contribution is -0.150. The molecule has 0 spiro atoms. The van der Waals surface area contributed by atoms with Crippen molar-refractivity contribution in [1.29, 1.82) is 5.26 Å². The van der Waals surface area contributed by atoms with Crippen molar-refractivity contribution in [2.45, 2.75) is 32.9 Å². The number of hydrogen-bond donors (Lipinski definition) is 0. The smallest absolute Gasteiger partial charge is 0.329 e. The number of ether oxygens (including phenoxy) is 1. The Morgan fingerprint density at radius 2 is 1.71 bits per heavy atom. The molecule has 1 atom stereocenters. The monoisotopic (exact) mass is 376 g/mol. The third kappa shape index (κ3) is 3.79. The minimum atomic E-state index is -0.994. The zero-order valence-corrected chi connectivity index (χ0v) is 15.7. The molecule has 0 saturated carbocycles. The average molecular weight is 376 g/mol. The van der Waals surface area contributed by atoms with Crippen LogP contribution < -0.4 is 0 Å². The Hall–Kier alpha value is -3.46. The summed E-state index contributed by atoms with van der Waals surface area (Å²) in [6.07, 6.45) is 0.308. The third-order valence-corrected chi connectivity index (χ3v) is 4.54. The fourth-order valence-electron chi connectivity index (χ4n) is 3.23. The maximum Gasteiger partial charge on any atom is 0.329 e. The van der Waals surface area contributed by atoms with Crippen molar-refractivity contribution in [2.75, 3.05) is 0 Å². The molecule has 0 radical (unpaired) electrons. The summed E-state index contributed by atoms with van der Waals surface area (Å²) in [6, 6.07) is 14.3.